The van der Waals surface area contributed by atoms with E-state index in [1.165, 1.54) is 24.8 Å². The van der Waals surface area contributed by atoms with Crippen molar-refractivity contribution in [3.8, 4) is 0 Å². The number of hydrogen-bond donors (Lipinski definition) is 0. The van der Waals surface area contributed by atoms with Crippen molar-refractivity contribution in [3.63, 3.8) is 0 Å². The molecule has 0 aromatic heterocycles. The SMILES string of the molecule is CC1CCCC/C1=C1\OC(C)(C)CC1=O. The van der Waals surface area contributed by atoms with E-state index in [4.69, 9.17) is 4.74 Å². The van der Waals surface area contributed by atoms with E-state index in [0.29, 0.717) is 18.1 Å². The molecule has 2 aliphatic rings. The van der Waals surface area contributed by atoms with E-state index < -0.39 is 0 Å². The largest absolute Gasteiger partial charge is 0.484 e. The lowest BCUT2D eigenvalue weighted by molar-refractivity contribution is -0.115. The fourth-order valence-corrected chi connectivity index (χ4v) is 2.60. The highest BCUT2D eigenvalue weighted by molar-refractivity contribution is 5.96. The van der Waals surface area contributed by atoms with Gasteiger partial charge in [-0.2, -0.15) is 0 Å². The van der Waals surface area contributed by atoms with Crippen LogP contribution in [0.3, 0.4) is 0 Å². The molecule has 84 valence electrons. The molecule has 2 nitrogen and oxygen atoms in total. The van der Waals surface area contributed by atoms with Crippen LogP contribution in [0.1, 0.15) is 52.9 Å². The summed E-state index contributed by atoms with van der Waals surface area (Å²) in [4.78, 5) is 11.9. The zero-order valence-corrected chi connectivity index (χ0v) is 9.93. The maximum absolute atomic E-state index is 11.9. The first-order valence-corrected chi connectivity index (χ1v) is 5.95. The molecule has 0 radical (unpaired) electrons. The lowest BCUT2D eigenvalue weighted by Gasteiger charge is -2.24. The molecule has 2 heteroatoms. The van der Waals surface area contributed by atoms with Crippen molar-refractivity contribution in [2.45, 2.75) is 58.5 Å². The Morgan fingerprint density at radius 3 is 2.60 bits per heavy atom. The van der Waals surface area contributed by atoms with Crippen LogP contribution in [0.15, 0.2) is 11.3 Å². The van der Waals surface area contributed by atoms with E-state index in [1.54, 1.807) is 0 Å². The van der Waals surface area contributed by atoms with Gasteiger partial charge >= 0.3 is 0 Å². The summed E-state index contributed by atoms with van der Waals surface area (Å²) < 4.78 is 5.80. The zero-order valence-electron chi connectivity index (χ0n) is 9.93. The minimum Gasteiger partial charge on any atom is -0.484 e. The fraction of sp³-hybridized carbons (Fsp3) is 0.769. The number of carbonyl (C=O) groups is 1. The van der Waals surface area contributed by atoms with Gasteiger partial charge in [0.2, 0.25) is 5.78 Å². The van der Waals surface area contributed by atoms with Gasteiger partial charge < -0.3 is 4.74 Å². The van der Waals surface area contributed by atoms with E-state index in [9.17, 15) is 4.79 Å². The standard InChI is InChI=1S/C13H20O2/c1-9-6-4-5-7-10(9)12-11(14)8-13(2,3)15-12/h9H,4-8H2,1-3H3/b12-10+. The Bertz CT molecular complexity index is 312. The smallest absolute Gasteiger partial charge is 0.201 e. The molecular weight excluding hydrogens is 188 g/mol. The predicted molar refractivity (Wildman–Crippen MR) is 59.4 cm³/mol. The van der Waals surface area contributed by atoms with Gasteiger partial charge in [0.1, 0.15) is 5.60 Å². The molecule has 1 aliphatic carbocycles. The molecule has 1 unspecified atom stereocenters. The second-order valence-corrected chi connectivity index (χ2v) is 5.46. The Hall–Kier alpha value is -0.790. The van der Waals surface area contributed by atoms with Crippen molar-refractivity contribution in [1.29, 1.82) is 0 Å². The van der Waals surface area contributed by atoms with Gasteiger partial charge in [0.25, 0.3) is 0 Å². The Morgan fingerprint density at radius 2 is 2.07 bits per heavy atom. The lowest BCUT2D eigenvalue weighted by atomic mass is 9.84. The summed E-state index contributed by atoms with van der Waals surface area (Å²) in [6, 6.07) is 0. The Kier molecular flexibility index (Phi) is 2.61. The Balaban J connectivity index is 2.28. The quantitative estimate of drug-likeness (QED) is 0.571. The average molecular weight is 208 g/mol. The van der Waals surface area contributed by atoms with Crippen molar-refractivity contribution < 1.29 is 9.53 Å². The number of carbonyl (C=O) groups excluding carboxylic acids is 1. The van der Waals surface area contributed by atoms with Gasteiger partial charge in [0, 0.05) is 0 Å². The van der Waals surface area contributed by atoms with Gasteiger partial charge in [-0.25, -0.2) is 0 Å². The highest BCUT2D eigenvalue weighted by atomic mass is 16.5. The van der Waals surface area contributed by atoms with E-state index in [2.05, 4.69) is 6.92 Å². The molecule has 0 spiro atoms. The van der Waals surface area contributed by atoms with Crippen LogP contribution in [-0.2, 0) is 9.53 Å². The number of rotatable bonds is 0. The van der Waals surface area contributed by atoms with Crippen LogP contribution in [0, 0.1) is 5.92 Å². The average Bonchev–Trinajstić information content (AvgIpc) is 2.40. The van der Waals surface area contributed by atoms with Crippen LogP contribution in [0.4, 0.5) is 0 Å². The highest BCUT2D eigenvalue weighted by Gasteiger charge is 2.38. The van der Waals surface area contributed by atoms with Crippen molar-refractivity contribution in [2.75, 3.05) is 0 Å². The van der Waals surface area contributed by atoms with E-state index in [1.807, 2.05) is 13.8 Å². The third kappa shape index (κ3) is 2.09. The van der Waals surface area contributed by atoms with Gasteiger partial charge in [0.15, 0.2) is 5.76 Å². The Labute approximate surface area is 91.7 Å². The second-order valence-electron chi connectivity index (χ2n) is 5.46. The van der Waals surface area contributed by atoms with E-state index >= 15 is 0 Å². The van der Waals surface area contributed by atoms with Crippen LogP contribution < -0.4 is 0 Å². The molecule has 2 rings (SSSR count). The fourth-order valence-electron chi connectivity index (χ4n) is 2.60. The summed E-state index contributed by atoms with van der Waals surface area (Å²) in [5.41, 5.74) is 0.994. The van der Waals surface area contributed by atoms with Crippen LogP contribution in [0.25, 0.3) is 0 Å². The summed E-state index contributed by atoms with van der Waals surface area (Å²) in [6.07, 6.45) is 5.29. The number of hydrogen-bond acceptors (Lipinski definition) is 2. The molecule has 0 amide bonds. The van der Waals surface area contributed by atoms with Crippen molar-refractivity contribution in [2.24, 2.45) is 5.92 Å². The van der Waals surface area contributed by atoms with Crippen LogP contribution in [0.2, 0.25) is 0 Å². The van der Waals surface area contributed by atoms with Crippen LogP contribution in [0.5, 0.6) is 0 Å². The first kappa shape index (κ1) is 10.7. The first-order chi connectivity index (χ1) is 6.99. The molecule has 1 atom stereocenters. The number of ketones is 1. The van der Waals surface area contributed by atoms with E-state index in [0.717, 1.165) is 6.42 Å². The Morgan fingerprint density at radius 1 is 1.33 bits per heavy atom. The monoisotopic (exact) mass is 208 g/mol. The van der Waals surface area contributed by atoms with Gasteiger partial charge in [0.05, 0.1) is 6.42 Å². The summed E-state index contributed by atoms with van der Waals surface area (Å²) in [6.45, 7) is 6.20. The second kappa shape index (κ2) is 3.66. The van der Waals surface area contributed by atoms with Crippen molar-refractivity contribution in [3.05, 3.63) is 11.3 Å². The summed E-state index contributed by atoms with van der Waals surface area (Å²) >= 11 is 0. The summed E-state index contributed by atoms with van der Waals surface area (Å²) in [7, 11) is 0. The minimum absolute atomic E-state index is 0.212. The summed E-state index contributed by atoms with van der Waals surface area (Å²) in [5, 5.41) is 0. The highest BCUT2D eigenvalue weighted by Crippen LogP contribution is 2.38. The molecule has 0 aromatic carbocycles. The van der Waals surface area contributed by atoms with Gasteiger partial charge in [-0.3, -0.25) is 4.79 Å². The first-order valence-electron chi connectivity index (χ1n) is 5.95. The molecule has 0 bridgehead atoms. The zero-order chi connectivity index (χ0) is 11.1. The van der Waals surface area contributed by atoms with E-state index in [-0.39, 0.29) is 11.4 Å². The predicted octanol–water partition coefficient (Wildman–Crippen LogP) is 3.22. The van der Waals surface area contributed by atoms with Gasteiger partial charge in [-0.05, 0) is 44.6 Å². The molecule has 1 heterocycles. The molecule has 0 aromatic rings. The van der Waals surface area contributed by atoms with Crippen LogP contribution in [-0.4, -0.2) is 11.4 Å². The lowest BCUT2D eigenvalue weighted by Crippen LogP contribution is -2.17. The van der Waals surface area contributed by atoms with Crippen molar-refractivity contribution >= 4 is 5.78 Å². The number of allylic oxidation sites excluding steroid dienone is 2. The third-order valence-corrected chi connectivity index (χ3v) is 3.44. The maximum Gasteiger partial charge on any atom is 0.201 e. The van der Waals surface area contributed by atoms with Gasteiger partial charge in [-0.15, -0.1) is 0 Å². The molecule has 15 heavy (non-hydrogen) atoms. The molecule has 2 fully saturated rings. The minimum atomic E-state index is -0.281. The number of Topliss-reactive ketones (excluding diaryl/α,β-unsaturated/α-hetero) is 1. The molecular formula is C13H20O2. The molecule has 1 saturated heterocycles. The maximum atomic E-state index is 11.9. The topological polar surface area (TPSA) is 26.3 Å². The molecule has 1 aliphatic heterocycles. The third-order valence-electron chi connectivity index (χ3n) is 3.44. The molecule has 0 N–H and O–H groups in total. The molecule has 1 saturated carbocycles. The summed E-state index contributed by atoms with van der Waals surface area (Å²) in [5.74, 6) is 1.45. The van der Waals surface area contributed by atoms with Crippen molar-refractivity contribution in [1.82, 2.24) is 0 Å². The normalized spacial score (nSPS) is 35.4. The van der Waals surface area contributed by atoms with Gasteiger partial charge in [-0.1, -0.05) is 13.3 Å². The number of ether oxygens (including phenoxy) is 1. The van der Waals surface area contributed by atoms with Crippen LogP contribution >= 0.6 is 0 Å².